The van der Waals surface area contributed by atoms with E-state index in [0.717, 1.165) is 5.39 Å². The summed E-state index contributed by atoms with van der Waals surface area (Å²) in [6, 6.07) is 8.76. The molecule has 0 radical (unpaired) electrons. The van der Waals surface area contributed by atoms with Crippen molar-refractivity contribution >= 4 is 28.5 Å². The molecule has 0 aliphatic heterocycles. The number of benzene rings is 1. The van der Waals surface area contributed by atoms with Gasteiger partial charge in [-0.15, -0.1) is 0 Å². The number of anilines is 1. The SMILES string of the molecule is CCC(CNC(=O)c1cc(N)c2ccccc2n1)C(=O)O. The average Bonchev–Trinajstić information content (AvgIpc) is 2.47. The van der Waals surface area contributed by atoms with Crippen LogP contribution < -0.4 is 11.1 Å². The van der Waals surface area contributed by atoms with Crippen LogP contribution in [0.2, 0.25) is 0 Å². The summed E-state index contributed by atoms with van der Waals surface area (Å²) in [7, 11) is 0. The van der Waals surface area contributed by atoms with Gasteiger partial charge in [0.2, 0.25) is 0 Å². The summed E-state index contributed by atoms with van der Waals surface area (Å²) in [6.45, 7) is 1.83. The van der Waals surface area contributed by atoms with E-state index in [-0.39, 0.29) is 12.2 Å². The minimum Gasteiger partial charge on any atom is -0.481 e. The first-order chi connectivity index (χ1) is 10.0. The Labute approximate surface area is 122 Å². The number of carbonyl (C=O) groups excluding carboxylic acids is 1. The molecular weight excluding hydrogens is 270 g/mol. The van der Waals surface area contributed by atoms with Gasteiger partial charge >= 0.3 is 5.97 Å². The normalized spacial score (nSPS) is 12.0. The molecule has 0 saturated carbocycles. The Kier molecular flexibility index (Phi) is 4.37. The van der Waals surface area contributed by atoms with Gasteiger partial charge in [0.05, 0.1) is 11.4 Å². The molecule has 0 bridgehead atoms. The molecule has 110 valence electrons. The van der Waals surface area contributed by atoms with Gasteiger partial charge in [0.1, 0.15) is 5.69 Å². The minimum atomic E-state index is -0.927. The predicted octanol–water partition coefficient (Wildman–Crippen LogP) is 1.66. The summed E-state index contributed by atoms with van der Waals surface area (Å²) in [4.78, 5) is 27.2. The molecule has 1 unspecified atom stereocenters. The number of hydrogen-bond donors (Lipinski definition) is 3. The average molecular weight is 287 g/mol. The number of pyridine rings is 1. The van der Waals surface area contributed by atoms with Crippen molar-refractivity contribution < 1.29 is 14.7 Å². The highest BCUT2D eigenvalue weighted by molar-refractivity contribution is 5.99. The second-order valence-electron chi connectivity index (χ2n) is 4.77. The molecule has 0 aliphatic carbocycles. The van der Waals surface area contributed by atoms with E-state index in [9.17, 15) is 9.59 Å². The Morgan fingerprint density at radius 2 is 2.10 bits per heavy atom. The standard InChI is InChI=1S/C15H17N3O3/c1-2-9(15(20)21)8-17-14(19)13-7-11(16)10-5-3-4-6-12(10)18-13/h3-7,9H,2,8H2,1H3,(H2,16,18)(H,17,19)(H,20,21). The molecule has 0 aliphatic rings. The van der Waals surface area contributed by atoms with E-state index < -0.39 is 17.8 Å². The number of hydrogen-bond acceptors (Lipinski definition) is 4. The first-order valence-electron chi connectivity index (χ1n) is 6.69. The highest BCUT2D eigenvalue weighted by Crippen LogP contribution is 2.20. The Balaban J connectivity index is 2.18. The maximum atomic E-state index is 12.1. The second-order valence-corrected chi connectivity index (χ2v) is 4.77. The number of para-hydroxylation sites is 1. The largest absolute Gasteiger partial charge is 0.481 e. The zero-order valence-electron chi connectivity index (χ0n) is 11.7. The lowest BCUT2D eigenvalue weighted by Crippen LogP contribution is -2.33. The van der Waals surface area contributed by atoms with Crippen molar-refractivity contribution in [3.63, 3.8) is 0 Å². The highest BCUT2D eigenvalue weighted by atomic mass is 16.4. The number of carbonyl (C=O) groups is 2. The molecule has 1 heterocycles. The lowest BCUT2D eigenvalue weighted by molar-refractivity contribution is -0.141. The van der Waals surface area contributed by atoms with Gasteiger partial charge in [-0.1, -0.05) is 25.1 Å². The molecule has 6 nitrogen and oxygen atoms in total. The molecule has 6 heteroatoms. The molecule has 1 atom stereocenters. The third-order valence-corrected chi connectivity index (χ3v) is 3.33. The number of nitrogens with zero attached hydrogens (tertiary/aromatic N) is 1. The van der Waals surface area contributed by atoms with E-state index in [1.54, 1.807) is 13.0 Å². The lowest BCUT2D eigenvalue weighted by atomic mass is 10.1. The molecule has 1 amide bonds. The Morgan fingerprint density at radius 1 is 1.38 bits per heavy atom. The van der Waals surface area contributed by atoms with Gasteiger partial charge in [-0.25, -0.2) is 4.98 Å². The van der Waals surface area contributed by atoms with Crippen LogP contribution >= 0.6 is 0 Å². The van der Waals surface area contributed by atoms with E-state index in [1.165, 1.54) is 6.07 Å². The van der Waals surface area contributed by atoms with Crippen LogP contribution in [0, 0.1) is 5.92 Å². The first kappa shape index (κ1) is 14.8. The third-order valence-electron chi connectivity index (χ3n) is 3.33. The van der Waals surface area contributed by atoms with Crippen LogP contribution in [0.1, 0.15) is 23.8 Å². The topological polar surface area (TPSA) is 105 Å². The van der Waals surface area contributed by atoms with Crippen LogP contribution in [-0.2, 0) is 4.79 Å². The van der Waals surface area contributed by atoms with Gasteiger partial charge < -0.3 is 16.2 Å². The van der Waals surface area contributed by atoms with Gasteiger partial charge in [-0.3, -0.25) is 9.59 Å². The molecule has 1 aromatic carbocycles. The molecule has 0 spiro atoms. The van der Waals surface area contributed by atoms with Crippen molar-refractivity contribution in [3.8, 4) is 0 Å². The van der Waals surface area contributed by atoms with E-state index in [2.05, 4.69) is 10.3 Å². The number of fused-ring (bicyclic) bond motifs is 1. The first-order valence-corrected chi connectivity index (χ1v) is 6.69. The maximum absolute atomic E-state index is 12.1. The number of aromatic nitrogens is 1. The number of carboxylic acids is 1. The zero-order valence-corrected chi connectivity index (χ0v) is 11.7. The van der Waals surface area contributed by atoms with Gasteiger partial charge in [-0.05, 0) is 18.6 Å². The minimum absolute atomic E-state index is 0.0685. The van der Waals surface area contributed by atoms with E-state index in [1.807, 2.05) is 18.2 Å². The van der Waals surface area contributed by atoms with Crippen LogP contribution in [0.15, 0.2) is 30.3 Å². The second kappa shape index (κ2) is 6.21. The highest BCUT2D eigenvalue weighted by Gasteiger charge is 2.17. The maximum Gasteiger partial charge on any atom is 0.308 e. The summed E-state index contributed by atoms with van der Waals surface area (Å²) >= 11 is 0. The molecule has 21 heavy (non-hydrogen) atoms. The van der Waals surface area contributed by atoms with Crippen LogP contribution in [0.25, 0.3) is 10.9 Å². The number of nitrogens with one attached hydrogen (secondary N) is 1. The monoisotopic (exact) mass is 287 g/mol. The van der Waals surface area contributed by atoms with Gasteiger partial charge in [0.25, 0.3) is 5.91 Å². The summed E-state index contributed by atoms with van der Waals surface area (Å²) in [6.07, 6.45) is 0.447. The fourth-order valence-electron chi connectivity index (χ4n) is 2.03. The fraction of sp³-hybridized carbons (Fsp3) is 0.267. The predicted molar refractivity (Wildman–Crippen MR) is 79.9 cm³/mol. The number of carboxylic acid groups (broad SMARTS) is 1. The number of rotatable bonds is 5. The third kappa shape index (κ3) is 3.28. The number of amides is 1. The summed E-state index contributed by atoms with van der Waals surface area (Å²) in [5, 5.41) is 12.3. The Hall–Kier alpha value is -2.63. The number of aliphatic carboxylic acids is 1. The van der Waals surface area contributed by atoms with Crippen LogP contribution in [0.3, 0.4) is 0 Å². The summed E-state index contributed by atoms with van der Waals surface area (Å²) in [5.74, 6) is -1.96. The molecule has 1 aromatic heterocycles. The van der Waals surface area contributed by atoms with Gasteiger partial charge in [0, 0.05) is 17.6 Å². The van der Waals surface area contributed by atoms with Crippen molar-refractivity contribution in [2.45, 2.75) is 13.3 Å². The van der Waals surface area contributed by atoms with Gasteiger partial charge in [0.15, 0.2) is 0 Å². The molecule has 2 aromatic rings. The summed E-state index contributed by atoms with van der Waals surface area (Å²) < 4.78 is 0. The van der Waals surface area contributed by atoms with Crippen molar-refractivity contribution in [2.24, 2.45) is 5.92 Å². The Bertz CT molecular complexity index is 685. The van der Waals surface area contributed by atoms with Crippen LogP contribution in [0.5, 0.6) is 0 Å². The van der Waals surface area contributed by atoms with E-state index in [4.69, 9.17) is 10.8 Å². The molecule has 0 fully saturated rings. The van der Waals surface area contributed by atoms with Crippen molar-refractivity contribution in [1.29, 1.82) is 0 Å². The number of nitrogens with two attached hydrogens (primary N) is 1. The number of nitrogen functional groups attached to an aromatic ring is 1. The van der Waals surface area contributed by atoms with Crippen LogP contribution in [0.4, 0.5) is 5.69 Å². The van der Waals surface area contributed by atoms with Crippen molar-refractivity contribution in [2.75, 3.05) is 12.3 Å². The summed E-state index contributed by atoms with van der Waals surface area (Å²) in [5.41, 5.74) is 7.20. The fourth-order valence-corrected chi connectivity index (χ4v) is 2.03. The molecular formula is C15H17N3O3. The van der Waals surface area contributed by atoms with E-state index in [0.29, 0.717) is 17.6 Å². The van der Waals surface area contributed by atoms with E-state index >= 15 is 0 Å². The molecule has 2 rings (SSSR count). The quantitative estimate of drug-likeness (QED) is 0.775. The molecule has 4 N–H and O–H groups in total. The zero-order chi connectivity index (χ0) is 15.4. The van der Waals surface area contributed by atoms with Crippen LogP contribution in [-0.4, -0.2) is 28.5 Å². The van der Waals surface area contributed by atoms with Gasteiger partial charge in [-0.2, -0.15) is 0 Å². The Morgan fingerprint density at radius 3 is 2.76 bits per heavy atom. The van der Waals surface area contributed by atoms with Crippen molar-refractivity contribution in [1.82, 2.24) is 10.3 Å². The lowest BCUT2D eigenvalue weighted by Gasteiger charge is -2.11. The smallest absolute Gasteiger partial charge is 0.308 e. The van der Waals surface area contributed by atoms with Crippen molar-refractivity contribution in [3.05, 3.63) is 36.0 Å². The molecule has 0 saturated heterocycles.